The van der Waals surface area contributed by atoms with Crippen LogP contribution < -0.4 is 10.2 Å². The Hall–Kier alpha value is -0.610. The maximum atomic E-state index is 5.03. The zero-order chi connectivity index (χ0) is 14.8. The largest absolute Gasteiger partial charge is 0.348 e. The van der Waals surface area contributed by atoms with Gasteiger partial charge in [0.2, 0.25) is 0 Å². The Morgan fingerprint density at radius 3 is 2.76 bits per heavy atom. The number of hydrogen-bond donors (Lipinski definition) is 1. The van der Waals surface area contributed by atoms with Gasteiger partial charge in [-0.05, 0) is 38.1 Å². The fourth-order valence-electron chi connectivity index (χ4n) is 3.45. The van der Waals surface area contributed by atoms with E-state index in [1.807, 2.05) is 11.3 Å². The molecule has 0 bridgehead atoms. The Kier molecular flexibility index (Phi) is 4.85. The maximum Gasteiger partial charge on any atom is 0.185 e. The van der Waals surface area contributed by atoms with Gasteiger partial charge in [0.1, 0.15) is 0 Å². The van der Waals surface area contributed by atoms with Crippen molar-refractivity contribution in [1.82, 2.24) is 10.3 Å². The summed E-state index contributed by atoms with van der Waals surface area (Å²) in [4.78, 5) is 8.98. The van der Waals surface area contributed by atoms with Crippen molar-refractivity contribution in [3.05, 3.63) is 10.6 Å². The van der Waals surface area contributed by atoms with Crippen LogP contribution >= 0.6 is 11.3 Å². The Morgan fingerprint density at radius 2 is 2.10 bits per heavy atom. The average Bonchev–Trinajstić information content (AvgIpc) is 3.24. The van der Waals surface area contributed by atoms with Crippen LogP contribution in [0.15, 0.2) is 0 Å². The first-order chi connectivity index (χ1) is 10.2. The Bertz CT molecular complexity index is 467. The van der Waals surface area contributed by atoms with Gasteiger partial charge in [0.15, 0.2) is 5.13 Å². The molecule has 2 unspecified atom stereocenters. The zero-order valence-corrected chi connectivity index (χ0v) is 14.5. The molecule has 0 aromatic carbocycles. The normalized spacial score (nSPS) is 26.0. The summed E-state index contributed by atoms with van der Waals surface area (Å²) in [7, 11) is 2.26. The van der Waals surface area contributed by atoms with Crippen LogP contribution in [0.5, 0.6) is 0 Å². The van der Waals surface area contributed by atoms with E-state index in [4.69, 9.17) is 4.98 Å². The highest BCUT2D eigenvalue weighted by atomic mass is 32.1. The Morgan fingerprint density at radius 1 is 1.29 bits per heavy atom. The lowest BCUT2D eigenvalue weighted by Crippen LogP contribution is -2.35. The van der Waals surface area contributed by atoms with E-state index in [0.717, 1.165) is 24.9 Å². The van der Waals surface area contributed by atoms with Crippen LogP contribution in [0.3, 0.4) is 0 Å². The number of nitrogens with zero attached hydrogens (tertiary/aromatic N) is 2. The van der Waals surface area contributed by atoms with Gasteiger partial charge < -0.3 is 10.2 Å². The molecule has 3 nitrogen and oxygen atoms in total. The van der Waals surface area contributed by atoms with E-state index in [-0.39, 0.29) is 0 Å². The second-order valence-corrected chi connectivity index (χ2v) is 7.96. The lowest BCUT2D eigenvalue weighted by atomic mass is 9.86. The molecule has 1 aromatic heterocycles. The average molecular weight is 308 g/mol. The van der Waals surface area contributed by atoms with Gasteiger partial charge in [-0.15, -0.1) is 11.3 Å². The predicted octanol–water partition coefficient (Wildman–Crippen LogP) is 4.14. The molecule has 0 radical (unpaired) electrons. The molecule has 2 aliphatic rings. The lowest BCUT2D eigenvalue weighted by molar-refractivity contribution is 0.336. The van der Waals surface area contributed by atoms with E-state index < -0.39 is 0 Å². The van der Waals surface area contributed by atoms with Crippen molar-refractivity contribution in [2.24, 2.45) is 5.92 Å². The van der Waals surface area contributed by atoms with Gasteiger partial charge in [-0.2, -0.15) is 0 Å². The highest BCUT2D eigenvalue weighted by Gasteiger charge is 2.31. The summed E-state index contributed by atoms with van der Waals surface area (Å²) in [5, 5.41) is 4.73. The van der Waals surface area contributed by atoms with E-state index in [1.165, 1.54) is 54.2 Å². The second-order valence-electron chi connectivity index (χ2n) is 6.90. The quantitative estimate of drug-likeness (QED) is 0.856. The third-order valence-electron chi connectivity index (χ3n) is 4.97. The van der Waals surface area contributed by atoms with E-state index in [2.05, 4.69) is 31.1 Å². The predicted molar refractivity (Wildman–Crippen MR) is 91.3 cm³/mol. The van der Waals surface area contributed by atoms with Crippen molar-refractivity contribution in [2.45, 2.75) is 70.9 Å². The molecule has 2 fully saturated rings. The lowest BCUT2D eigenvalue weighted by Gasteiger charge is -2.34. The fraction of sp³-hybridized carbons (Fsp3) is 0.824. The molecule has 118 valence electrons. The van der Waals surface area contributed by atoms with Gasteiger partial charge in [-0.1, -0.05) is 26.7 Å². The minimum Gasteiger partial charge on any atom is -0.348 e. The number of anilines is 1. The summed E-state index contributed by atoms with van der Waals surface area (Å²) >= 11 is 1.92. The van der Waals surface area contributed by atoms with Gasteiger partial charge in [0, 0.05) is 30.4 Å². The van der Waals surface area contributed by atoms with Crippen LogP contribution in [0, 0.1) is 5.92 Å². The molecular formula is C17H29N3S. The topological polar surface area (TPSA) is 28.2 Å². The molecule has 4 heteroatoms. The summed E-state index contributed by atoms with van der Waals surface area (Å²) in [6, 6.07) is 0.693. The number of aromatic nitrogens is 1. The van der Waals surface area contributed by atoms with Crippen LogP contribution in [0.2, 0.25) is 0 Å². The first-order valence-corrected chi connectivity index (χ1v) is 9.43. The van der Waals surface area contributed by atoms with Crippen molar-refractivity contribution in [3.63, 3.8) is 0 Å². The third kappa shape index (κ3) is 3.59. The fourth-order valence-corrected chi connectivity index (χ4v) is 4.60. The van der Waals surface area contributed by atoms with E-state index in [1.54, 1.807) is 0 Å². The molecule has 0 spiro atoms. The van der Waals surface area contributed by atoms with E-state index in [9.17, 15) is 0 Å². The molecule has 0 amide bonds. The Balaban J connectivity index is 1.74. The molecule has 3 rings (SSSR count). The van der Waals surface area contributed by atoms with Crippen molar-refractivity contribution in [1.29, 1.82) is 0 Å². The number of rotatable bonds is 6. The minimum atomic E-state index is 0.693. The van der Waals surface area contributed by atoms with E-state index >= 15 is 0 Å². The SMILES string of the molecule is CCNCc1sc(N(C)C2CCCC(C)C2)nc1C1CC1. The molecule has 21 heavy (non-hydrogen) atoms. The first-order valence-electron chi connectivity index (χ1n) is 8.62. The van der Waals surface area contributed by atoms with E-state index in [0.29, 0.717) is 6.04 Å². The molecule has 1 aromatic rings. The molecule has 0 aliphatic heterocycles. The van der Waals surface area contributed by atoms with Gasteiger partial charge in [0.25, 0.3) is 0 Å². The monoisotopic (exact) mass is 307 g/mol. The van der Waals surface area contributed by atoms with Crippen LogP contribution in [-0.4, -0.2) is 24.6 Å². The van der Waals surface area contributed by atoms with Crippen LogP contribution in [0.1, 0.15) is 68.9 Å². The minimum absolute atomic E-state index is 0.693. The summed E-state index contributed by atoms with van der Waals surface area (Å²) in [6.07, 6.45) is 8.13. The van der Waals surface area contributed by atoms with Crippen molar-refractivity contribution in [2.75, 3.05) is 18.5 Å². The van der Waals surface area contributed by atoms with Crippen LogP contribution in [-0.2, 0) is 6.54 Å². The summed E-state index contributed by atoms with van der Waals surface area (Å²) in [5.74, 6) is 1.62. The summed E-state index contributed by atoms with van der Waals surface area (Å²) < 4.78 is 0. The highest BCUT2D eigenvalue weighted by Crippen LogP contribution is 2.44. The third-order valence-corrected chi connectivity index (χ3v) is 6.14. The van der Waals surface area contributed by atoms with Gasteiger partial charge in [-0.25, -0.2) is 4.98 Å². The van der Waals surface area contributed by atoms with Crippen LogP contribution in [0.4, 0.5) is 5.13 Å². The first kappa shape index (κ1) is 15.3. The van der Waals surface area contributed by atoms with Crippen molar-refractivity contribution in [3.8, 4) is 0 Å². The smallest absolute Gasteiger partial charge is 0.185 e. The second kappa shape index (κ2) is 6.66. The molecular weight excluding hydrogens is 278 g/mol. The van der Waals surface area contributed by atoms with Gasteiger partial charge in [-0.3, -0.25) is 0 Å². The molecule has 2 aliphatic carbocycles. The standard InChI is InChI=1S/C17H29N3S/c1-4-18-11-15-16(13-8-9-13)19-17(21-15)20(3)14-7-5-6-12(2)10-14/h12-14,18H,4-11H2,1-3H3. The maximum absolute atomic E-state index is 5.03. The highest BCUT2D eigenvalue weighted by molar-refractivity contribution is 7.15. The number of hydrogen-bond acceptors (Lipinski definition) is 4. The van der Waals surface area contributed by atoms with Gasteiger partial charge in [0.05, 0.1) is 5.69 Å². The summed E-state index contributed by atoms with van der Waals surface area (Å²) in [5.41, 5.74) is 1.40. The molecule has 2 atom stereocenters. The summed E-state index contributed by atoms with van der Waals surface area (Å²) in [6.45, 7) is 6.60. The number of nitrogens with one attached hydrogen (secondary N) is 1. The zero-order valence-electron chi connectivity index (χ0n) is 13.7. The van der Waals surface area contributed by atoms with Crippen LogP contribution in [0.25, 0.3) is 0 Å². The number of thiazole rings is 1. The van der Waals surface area contributed by atoms with Gasteiger partial charge >= 0.3 is 0 Å². The van der Waals surface area contributed by atoms with Crippen molar-refractivity contribution >= 4 is 16.5 Å². The molecule has 1 heterocycles. The van der Waals surface area contributed by atoms with Crippen molar-refractivity contribution < 1.29 is 0 Å². The molecule has 0 saturated heterocycles. The molecule has 1 N–H and O–H groups in total. The molecule has 2 saturated carbocycles. The Labute approximate surface area is 133 Å².